The Labute approximate surface area is 140 Å². The molecule has 1 heterocycles. The zero-order valence-electron chi connectivity index (χ0n) is 13.3. The van der Waals surface area contributed by atoms with Crippen molar-refractivity contribution in [3.8, 4) is 11.4 Å². The van der Waals surface area contributed by atoms with Crippen LogP contribution in [0.3, 0.4) is 0 Å². The Hall–Kier alpha value is -1.17. The van der Waals surface area contributed by atoms with Crippen LogP contribution in [0.4, 0.5) is 5.82 Å². The van der Waals surface area contributed by atoms with Crippen LogP contribution in [0.5, 0.6) is 0 Å². The molecule has 0 aliphatic heterocycles. The molecular weight excluding hydrogens is 373 g/mol. The number of hydrogen-bond acceptors (Lipinski definition) is 3. The van der Waals surface area contributed by atoms with E-state index in [1.807, 2.05) is 0 Å². The van der Waals surface area contributed by atoms with Gasteiger partial charge in [0.05, 0.1) is 9.26 Å². The average molecular weight is 395 g/mol. The highest BCUT2D eigenvalue weighted by atomic mass is 127. The fourth-order valence-corrected chi connectivity index (χ4v) is 3.42. The highest BCUT2D eigenvalue weighted by molar-refractivity contribution is 14.1. The summed E-state index contributed by atoms with van der Waals surface area (Å²) in [5.74, 6) is 2.12. The van der Waals surface area contributed by atoms with Crippen LogP contribution in [-0.4, -0.2) is 16.5 Å². The summed E-state index contributed by atoms with van der Waals surface area (Å²) in [6.07, 6.45) is 0. The predicted octanol–water partition coefficient (Wildman–Crippen LogP) is 4.92. The molecule has 0 radical (unpaired) electrons. The zero-order valence-corrected chi connectivity index (χ0v) is 15.4. The maximum absolute atomic E-state index is 4.81. The van der Waals surface area contributed by atoms with Crippen LogP contribution < -0.4 is 5.32 Å². The minimum absolute atomic E-state index is 0.377. The minimum Gasteiger partial charge on any atom is -0.369 e. The van der Waals surface area contributed by atoms with Crippen molar-refractivity contribution in [2.45, 2.75) is 40.5 Å². The lowest BCUT2D eigenvalue weighted by Crippen LogP contribution is -2.09. The lowest BCUT2D eigenvalue weighted by Gasteiger charge is -2.15. The summed E-state index contributed by atoms with van der Waals surface area (Å²) >= 11 is 2.34. The van der Waals surface area contributed by atoms with Gasteiger partial charge in [0.2, 0.25) is 0 Å². The number of rotatable bonds is 4. The third-order valence-corrected chi connectivity index (χ3v) is 4.31. The third kappa shape index (κ3) is 3.73. The second-order valence-corrected chi connectivity index (χ2v) is 6.74. The van der Waals surface area contributed by atoms with Gasteiger partial charge in [-0.3, -0.25) is 0 Å². The Bertz CT molecular complexity index is 630. The van der Waals surface area contributed by atoms with Crippen molar-refractivity contribution in [3.05, 3.63) is 38.6 Å². The van der Waals surface area contributed by atoms with Crippen LogP contribution in [-0.2, 0) is 0 Å². The normalized spacial score (nSPS) is 11.0. The van der Waals surface area contributed by atoms with E-state index in [4.69, 9.17) is 9.97 Å². The Kier molecular flexibility index (Phi) is 5.19. The molecule has 0 aliphatic rings. The minimum atomic E-state index is 0.377. The van der Waals surface area contributed by atoms with E-state index in [1.54, 1.807) is 0 Å². The molecule has 0 atom stereocenters. The first kappa shape index (κ1) is 16.2. The van der Waals surface area contributed by atoms with Gasteiger partial charge in [-0.1, -0.05) is 31.0 Å². The maximum Gasteiger partial charge on any atom is 0.161 e. The monoisotopic (exact) mass is 395 g/mol. The molecule has 2 aromatic rings. The van der Waals surface area contributed by atoms with Gasteiger partial charge in [0, 0.05) is 12.1 Å². The summed E-state index contributed by atoms with van der Waals surface area (Å²) in [6.45, 7) is 11.5. The number of aryl methyl sites for hydroxylation is 2. The van der Waals surface area contributed by atoms with Crippen molar-refractivity contribution in [2.24, 2.45) is 0 Å². The summed E-state index contributed by atoms with van der Waals surface area (Å²) in [6, 6.07) is 6.47. The fraction of sp³-hybridized carbons (Fsp3) is 0.412. The molecule has 1 N–H and O–H groups in total. The van der Waals surface area contributed by atoms with E-state index >= 15 is 0 Å². The maximum atomic E-state index is 4.81. The molecule has 0 unspecified atom stereocenters. The first-order chi connectivity index (χ1) is 9.92. The van der Waals surface area contributed by atoms with Crippen LogP contribution in [0.25, 0.3) is 11.4 Å². The summed E-state index contributed by atoms with van der Waals surface area (Å²) < 4.78 is 1.12. The van der Waals surface area contributed by atoms with Gasteiger partial charge in [-0.15, -0.1) is 0 Å². The lowest BCUT2D eigenvalue weighted by molar-refractivity contribution is 0.808. The molecule has 0 saturated carbocycles. The highest BCUT2D eigenvalue weighted by Crippen LogP contribution is 2.29. The Morgan fingerprint density at radius 2 is 1.71 bits per heavy atom. The smallest absolute Gasteiger partial charge is 0.161 e. The zero-order chi connectivity index (χ0) is 15.6. The van der Waals surface area contributed by atoms with E-state index in [1.165, 1.54) is 11.1 Å². The van der Waals surface area contributed by atoms with E-state index in [0.717, 1.165) is 33.0 Å². The molecule has 21 heavy (non-hydrogen) atoms. The molecule has 1 aromatic heterocycles. The quantitative estimate of drug-likeness (QED) is 0.747. The average Bonchev–Trinajstić information content (AvgIpc) is 2.39. The molecule has 0 fully saturated rings. The number of nitrogens with zero attached hydrogens (tertiary/aromatic N) is 2. The van der Waals surface area contributed by atoms with Crippen molar-refractivity contribution in [1.82, 2.24) is 9.97 Å². The lowest BCUT2D eigenvalue weighted by atomic mass is 10.1. The topological polar surface area (TPSA) is 37.8 Å². The molecule has 0 spiro atoms. The number of anilines is 1. The van der Waals surface area contributed by atoms with Gasteiger partial charge in [0.15, 0.2) is 5.82 Å². The van der Waals surface area contributed by atoms with E-state index in [-0.39, 0.29) is 0 Å². The van der Waals surface area contributed by atoms with Gasteiger partial charge >= 0.3 is 0 Å². The first-order valence-corrected chi connectivity index (χ1v) is 8.40. The van der Waals surface area contributed by atoms with Gasteiger partial charge in [-0.05, 0) is 61.4 Å². The van der Waals surface area contributed by atoms with Crippen LogP contribution in [0.2, 0.25) is 0 Å². The molecule has 0 bridgehead atoms. The molecule has 112 valence electrons. The number of nitrogens with one attached hydrogen (secondary N) is 1. The Morgan fingerprint density at radius 1 is 1.10 bits per heavy atom. The van der Waals surface area contributed by atoms with Crippen molar-refractivity contribution in [1.29, 1.82) is 0 Å². The Morgan fingerprint density at radius 3 is 2.24 bits per heavy atom. The summed E-state index contributed by atoms with van der Waals surface area (Å²) in [4.78, 5) is 9.54. The SMILES string of the molecule is CCNc1nc(-c2cc(C)cc(C)c2)nc(C(C)C)c1I. The molecule has 2 rings (SSSR count). The molecule has 0 amide bonds. The van der Waals surface area contributed by atoms with Crippen LogP contribution in [0.15, 0.2) is 18.2 Å². The molecule has 0 saturated heterocycles. The molecule has 0 aliphatic carbocycles. The molecular formula is C17H22IN3. The van der Waals surface area contributed by atoms with E-state index < -0.39 is 0 Å². The van der Waals surface area contributed by atoms with Gasteiger partial charge in [-0.2, -0.15) is 0 Å². The number of hydrogen-bond donors (Lipinski definition) is 1. The number of aromatic nitrogens is 2. The fourth-order valence-electron chi connectivity index (χ4n) is 2.36. The number of benzene rings is 1. The molecule has 4 heteroatoms. The Balaban J connectivity index is 2.62. The van der Waals surface area contributed by atoms with E-state index in [9.17, 15) is 0 Å². The summed E-state index contributed by atoms with van der Waals surface area (Å²) in [7, 11) is 0. The van der Waals surface area contributed by atoms with Crippen LogP contribution in [0, 0.1) is 17.4 Å². The standard InChI is InChI=1S/C17H22IN3/c1-6-19-17-14(18)15(10(2)3)20-16(21-17)13-8-11(4)7-12(5)9-13/h7-10H,6H2,1-5H3,(H,19,20,21). The highest BCUT2D eigenvalue weighted by Gasteiger charge is 2.15. The molecule has 3 nitrogen and oxygen atoms in total. The van der Waals surface area contributed by atoms with Gasteiger partial charge in [-0.25, -0.2) is 9.97 Å². The van der Waals surface area contributed by atoms with Crippen molar-refractivity contribution in [2.75, 3.05) is 11.9 Å². The summed E-state index contributed by atoms with van der Waals surface area (Å²) in [5, 5.41) is 3.35. The van der Waals surface area contributed by atoms with Gasteiger partial charge < -0.3 is 5.32 Å². The second-order valence-electron chi connectivity index (χ2n) is 5.66. The summed E-state index contributed by atoms with van der Waals surface area (Å²) in [5.41, 5.74) is 4.67. The van der Waals surface area contributed by atoms with E-state index in [0.29, 0.717) is 5.92 Å². The van der Waals surface area contributed by atoms with Gasteiger partial charge in [0.25, 0.3) is 0 Å². The van der Waals surface area contributed by atoms with Gasteiger partial charge in [0.1, 0.15) is 5.82 Å². The van der Waals surface area contributed by atoms with Crippen LogP contribution in [0.1, 0.15) is 43.5 Å². The van der Waals surface area contributed by atoms with Crippen molar-refractivity contribution >= 4 is 28.4 Å². The predicted molar refractivity (Wildman–Crippen MR) is 97.9 cm³/mol. The van der Waals surface area contributed by atoms with Crippen molar-refractivity contribution < 1.29 is 0 Å². The van der Waals surface area contributed by atoms with Crippen molar-refractivity contribution in [3.63, 3.8) is 0 Å². The van der Waals surface area contributed by atoms with E-state index in [2.05, 4.69) is 80.7 Å². The second kappa shape index (κ2) is 6.73. The number of halogens is 1. The molecule has 1 aromatic carbocycles. The van der Waals surface area contributed by atoms with Crippen LogP contribution >= 0.6 is 22.6 Å². The third-order valence-electron chi connectivity index (χ3n) is 3.25. The first-order valence-electron chi connectivity index (χ1n) is 7.32. The largest absolute Gasteiger partial charge is 0.369 e.